The van der Waals surface area contributed by atoms with Gasteiger partial charge in [0.1, 0.15) is 5.82 Å². The van der Waals surface area contributed by atoms with Gasteiger partial charge in [-0.2, -0.15) is 0 Å². The minimum atomic E-state index is -2.23. The van der Waals surface area contributed by atoms with Crippen molar-refractivity contribution in [2.24, 2.45) is 0 Å². The second-order valence-corrected chi connectivity index (χ2v) is 8.58. The molecule has 1 aromatic carbocycles. The maximum absolute atomic E-state index is 13.3. The molecule has 0 bridgehead atoms. The van der Waals surface area contributed by atoms with Gasteiger partial charge in [0.05, 0.1) is 12.4 Å². The minimum absolute atomic E-state index is 0.226. The number of hydrogen-bond acceptors (Lipinski definition) is 2. The number of piperidine rings is 1. The van der Waals surface area contributed by atoms with E-state index >= 15 is 0 Å². The number of ether oxygens (including phenoxy) is 1. The van der Waals surface area contributed by atoms with E-state index in [-0.39, 0.29) is 5.82 Å². The number of benzene rings is 1. The fourth-order valence-electron chi connectivity index (χ4n) is 3.30. The zero-order valence-electron chi connectivity index (χ0n) is 13.4. The Hall–Kier alpha value is -1.37. The number of aromatic nitrogens is 1. The summed E-state index contributed by atoms with van der Waals surface area (Å²) >= 11 is 0. The average Bonchev–Trinajstić information content (AvgIpc) is 2.96. The molecule has 1 saturated heterocycles. The first-order chi connectivity index (χ1) is 11.0. The largest absolute Gasteiger partial charge is 0.384 e. The smallest absolute Gasteiger partial charge is 0.125 e. The Bertz CT molecular complexity index is 777. The number of rotatable bonds is 5. The van der Waals surface area contributed by atoms with Crippen molar-refractivity contribution in [3.05, 3.63) is 35.8 Å². The molecule has 0 saturated carbocycles. The van der Waals surface area contributed by atoms with Crippen molar-refractivity contribution in [1.29, 1.82) is 0 Å². The van der Waals surface area contributed by atoms with Crippen LogP contribution in [-0.4, -0.2) is 51.9 Å². The summed E-state index contributed by atoms with van der Waals surface area (Å²) in [6, 6.07) is 4.87. The van der Waals surface area contributed by atoms with Crippen LogP contribution in [0.5, 0.6) is 0 Å². The Morgan fingerprint density at radius 1 is 1.43 bits per heavy atom. The van der Waals surface area contributed by atoms with Crippen molar-refractivity contribution in [3.63, 3.8) is 0 Å². The van der Waals surface area contributed by atoms with Crippen LogP contribution in [0.1, 0.15) is 24.3 Å². The third-order valence-electron chi connectivity index (χ3n) is 4.65. The summed E-state index contributed by atoms with van der Waals surface area (Å²) in [5.74, 6) is 4.56. The van der Waals surface area contributed by atoms with E-state index in [1.807, 2.05) is 16.6 Å². The first-order valence-corrected chi connectivity index (χ1v) is 9.72. The Kier molecular flexibility index (Phi) is 4.75. The molecule has 1 atom stereocenters. The highest BCUT2D eigenvalue weighted by atomic mass is 32.2. The molecule has 0 aliphatic carbocycles. The van der Waals surface area contributed by atoms with Crippen LogP contribution in [0.2, 0.25) is 0 Å². The number of nitrogens with zero attached hydrogens (tertiary/aromatic N) is 1. The molecule has 3 rings (SSSR count). The molecule has 126 valence electrons. The van der Waals surface area contributed by atoms with E-state index < -0.39 is 9.71 Å². The van der Waals surface area contributed by atoms with Crippen molar-refractivity contribution >= 4 is 26.5 Å². The topological polar surface area (TPSA) is 45.3 Å². The SMILES string of the molecule is C=S(=O)(CCOC)N1CCC(c2c[nH]c3cc(F)ccc23)CC1. The standard InChI is InChI=1S/C17H23FN2O2S/c1-22-9-10-23(2,21)20-7-5-13(6-8-20)16-12-19-17-11-14(18)3-4-15(16)17/h3-4,11-13,19H,2,5-10H2,1H3. The molecule has 1 aliphatic heterocycles. The normalized spacial score (nSPS) is 19.9. The summed E-state index contributed by atoms with van der Waals surface area (Å²) in [4.78, 5) is 3.16. The third-order valence-corrected chi connectivity index (χ3v) is 6.76. The summed E-state index contributed by atoms with van der Waals surface area (Å²) in [7, 11) is -0.622. The zero-order chi connectivity index (χ0) is 16.4. The van der Waals surface area contributed by atoms with Gasteiger partial charge in [-0.15, -0.1) is 0 Å². The number of H-pyrrole nitrogens is 1. The molecule has 4 nitrogen and oxygen atoms in total. The zero-order valence-corrected chi connectivity index (χ0v) is 14.2. The molecule has 0 spiro atoms. The van der Waals surface area contributed by atoms with Crippen LogP contribution in [0.4, 0.5) is 4.39 Å². The van der Waals surface area contributed by atoms with Gasteiger partial charge in [0.15, 0.2) is 0 Å². The van der Waals surface area contributed by atoms with Gasteiger partial charge in [-0.1, -0.05) is 0 Å². The fraction of sp³-hybridized carbons (Fsp3) is 0.471. The lowest BCUT2D eigenvalue weighted by atomic mass is 9.90. The molecule has 1 aromatic heterocycles. The Morgan fingerprint density at radius 3 is 2.87 bits per heavy atom. The first-order valence-electron chi connectivity index (χ1n) is 7.87. The lowest BCUT2D eigenvalue weighted by Crippen LogP contribution is -2.39. The van der Waals surface area contributed by atoms with Gasteiger partial charge in [0, 0.05) is 47.0 Å². The molecule has 6 heteroatoms. The predicted molar refractivity (Wildman–Crippen MR) is 93.8 cm³/mol. The lowest BCUT2D eigenvalue weighted by Gasteiger charge is -2.33. The number of methoxy groups -OCH3 is 1. The Morgan fingerprint density at radius 2 is 2.17 bits per heavy atom. The maximum Gasteiger partial charge on any atom is 0.125 e. The Balaban J connectivity index is 1.71. The van der Waals surface area contributed by atoms with Gasteiger partial charge in [0.2, 0.25) is 0 Å². The van der Waals surface area contributed by atoms with Gasteiger partial charge < -0.3 is 9.72 Å². The van der Waals surface area contributed by atoms with E-state index in [1.54, 1.807) is 7.11 Å². The number of nitrogens with one attached hydrogen (secondary N) is 1. The van der Waals surface area contributed by atoms with E-state index in [0.717, 1.165) is 36.8 Å². The van der Waals surface area contributed by atoms with Crippen molar-refractivity contribution in [2.45, 2.75) is 18.8 Å². The van der Waals surface area contributed by atoms with Gasteiger partial charge in [-0.3, -0.25) is 4.21 Å². The third kappa shape index (κ3) is 3.44. The van der Waals surface area contributed by atoms with Gasteiger partial charge >= 0.3 is 0 Å². The van der Waals surface area contributed by atoms with E-state index in [0.29, 0.717) is 18.3 Å². The fourth-order valence-corrected chi connectivity index (χ4v) is 4.86. The quantitative estimate of drug-likeness (QED) is 0.852. The molecule has 1 aliphatic rings. The maximum atomic E-state index is 13.3. The monoisotopic (exact) mass is 338 g/mol. The highest BCUT2D eigenvalue weighted by Crippen LogP contribution is 2.34. The molecule has 1 unspecified atom stereocenters. The van der Waals surface area contributed by atoms with Crippen molar-refractivity contribution in [2.75, 3.05) is 32.6 Å². The van der Waals surface area contributed by atoms with Crippen LogP contribution < -0.4 is 0 Å². The van der Waals surface area contributed by atoms with Crippen LogP contribution in [0, 0.1) is 5.82 Å². The van der Waals surface area contributed by atoms with E-state index in [2.05, 4.69) is 10.9 Å². The van der Waals surface area contributed by atoms with Crippen molar-refractivity contribution < 1.29 is 13.3 Å². The Labute approximate surface area is 136 Å². The van der Waals surface area contributed by atoms with E-state index in [1.165, 1.54) is 17.7 Å². The second-order valence-electron chi connectivity index (χ2n) is 6.11. The molecule has 1 fully saturated rings. The van der Waals surface area contributed by atoms with Crippen molar-refractivity contribution in [3.8, 4) is 0 Å². The van der Waals surface area contributed by atoms with Crippen molar-refractivity contribution in [1.82, 2.24) is 9.29 Å². The first kappa shape index (κ1) is 16.5. The average molecular weight is 338 g/mol. The molecule has 2 heterocycles. The van der Waals surface area contributed by atoms with Gasteiger partial charge in [0.25, 0.3) is 0 Å². The van der Waals surface area contributed by atoms with Crippen LogP contribution >= 0.6 is 0 Å². The summed E-state index contributed by atoms with van der Waals surface area (Å²) in [5, 5.41) is 1.08. The van der Waals surface area contributed by atoms with Crippen LogP contribution in [0.15, 0.2) is 24.4 Å². The van der Waals surface area contributed by atoms with E-state index in [4.69, 9.17) is 4.74 Å². The summed E-state index contributed by atoms with van der Waals surface area (Å²) in [5.41, 5.74) is 2.07. The molecule has 0 radical (unpaired) electrons. The lowest BCUT2D eigenvalue weighted by molar-refractivity contribution is 0.216. The van der Waals surface area contributed by atoms with Gasteiger partial charge in [-0.25, -0.2) is 8.70 Å². The van der Waals surface area contributed by atoms with Crippen LogP contribution in [-0.2, 0) is 14.4 Å². The molecular weight excluding hydrogens is 315 g/mol. The minimum Gasteiger partial charge on any atom is -0.384 e. The summed E-state index contributed by atoms with van der Waals surface area (Å²) < 4.78 is 32.9. The highest BCUT2D eigenvalue weighted by molar-refractivity contribution is 7.98. The number of hydrogen-bond donors (Lipinski definition) is 1. The highest BCUT2D eigenvalue weighted by Gasteiger charge is 2.26. The molecule has 1 N–H and O–H groups in total. The van der Waals surface area contributed by atoms with E-state index in [9.17, 15) is 8.60 Å². The van der Waals surface area contributed by atoms with Crippen LogP contribution in [0.3, 0.4) is 0 Å². The molecule has 2 aromatic rings. The van der Waals surface area contributed by atoms with Crippen LogP contribution in [0.25, 0.3) is 10.9 Å². The predicted octanol–water partition coefficient (Wildman–Crippen LogP) is 2.76. The number of halogens is 1. The van der Waals surface area contributed by atoms with Gasteiger partial charge in [-0.05, 0) is 48.4 Å². The molecule has 23 heavy (non-hydrogen) atoms. The second kappa shape index (κ2) is 6.63. The number of fused-ring (bicyclic) bond motifs is 1. The number of aromatic amines is 1. The summed E-state index contributed by atoms with van der Waals surface area (Å²) in [6.07, 6.45) is 3.85. The molecule has 0 amide bonds. The summed E-state index contributed by atoms with van der Waals surface area (Å²) in [6.45, 7) is 2.01. The molecular formula is C17H23FN2O2S.